The van der Waals surface area contributed by atoms with Gasteiger partial charge < -0.3 is 15.2 Å². The average Bonchev–Trinajstić information content (AvgIpc) is 3.29. The van der Waals surface area contributed by atoms with E-state index in [9.17, 15) is 18.4 Å². The number of hydrogen-bond donors (Lipinski definition) is 1. The Balaban J connectivity index is 0.930. The summed E-state index contributed by atoms with van der Waals surface area (Å²) < 4.78 is 41.3. The smallest absolute Gasteiger partial charge is 0.355 e. The predicted octanol–water partition coefficient (Wildman–Crippen LogP) is 5.85. The zero-order chi connectivity index (χ0) is 30.5. The van der Waals surface area contributed by atoms with Gasteiger partial charge in [-0.3, -0.25) is 4.90 Å². The zero-order valence-electron chi connectivity index (χ0n) is 24.9. The average molecular weight is 600 g/mol. The molecule has 1 spiro atoms. The minimum Gasteiger partial charge on any atom is -0.355 e. The van der Waals surface area contributed by atoms with Crippen molar-refractivity contribution in [2.45, 2.75) is 70.3 Å². The summed E-state index contributed by atoms with van der Waals surface area (Å²) in [4.78, 5) is 13.5. The molecule has 5 aliphatic rings. The van der Waals surface area contributed by atoms with Crippen LogP contribution in [-0.4, -0.2) is 57.3 Å². The number of nitrogens with two attached hydrogens (primary N) is 1. The van der Waals surface area contributed by atoms with Crippen molar-refractivity contribution in [1.82, 2.24) is 19.4 Å². The fourth-order valence-corrected chi connectivity index (χ4v) is 8.88. The van der Waals surface area contributed by atoms with Crippen LogP contribution in [0.25, 0.3) is 21.8 Å². The predicted molar refractivity (Wildman–Crippen MR) is 163 cm³/mol. The van der Waals surface area contributed by atoms with Crippen LogP contribution in [0.1, 0.15) is 54.5 Å². The summed E-state index contributed by atoms with van der Waals surface area (Å²) in [5.74, 6) is 0.733. The molecule has 7 nitrogen and oxygen atoms in total. The normalized spacial score (nSPS) is 26.0. The fourth-order valence-electron chi connectivity index (χ4n) is 8.88. The third kappa shape index (κ3) is 4.55. The molecule has 2 saturated heterocycles. The number of alkyl halides is 3. The molecule has 4 aromatic rings. The molecule has 2 aliphatic heterocycles. The second-order valence-electron chi connectivity index (χ2n) is 14.4. The lowest BCUT2D eigenvalue weighted by Crippen LogP contribution is -2.73. The first-order valence-electron chi connectivity index (χ1n) is 15.5. The molecule has 2 N–H and O–H groups in total. The SMILES string of the molecule is Cc1c(CN2CCC3(CC2)CN(c2ncnc4ccc(CC(F)(F)F)cc24)C3)ccc2c1cc(C#N)n2CC12CC(N)(C1)C2. The number of piperidine rings is 1. The number of nitriles is 1. The Morgan fingerprint density at radius 3 is 2.43 bits per heavy atom. The molecule has 0 atom stereocenters. The Morgan fingerprint density at radius 1 is 1.00 bits per heavy atom. The van der Waals surface area contributed by atoms with Crippen molar-refractivity contribution in [1.29, 1.82) is 5.26 Å². The summed E-state index contributed by atoms with van der Waals surface area (Å²) in [6.07, 6.45) is 1.64. The van der Waals surface area contributed by atoms with Crippen molar-refractivity contribution in [3.63, 3.8) is 0 Å². The highest BCUT2D eigenvalue weighted by atomic mass is 19.4. The minimum atomic E-state index is -4.25. The van der Waals surface area contributed by atoms with E-state index in [1.807, 2.05) is 0 Å². The van der Waals surface area contributed by atoms with Crippen LogP contribution < -0.4 is 10.6 Å². The van der Waals surface area contributed by atoms with Gasteiger partial charge in [-0.25, -0.2) is 9.97 Å². The lowest BCUT2D eigenvalue weighted by Gasteiger charge is -2.69. The van der Waals surface area contributed by atoms with Gasteiger partial charge in [0.1, 0.15) is 23.9 Å². The van der Waals surface area contributed by atoms with Crippen LogP contribution in [-0.2, 0) is 19.5 Å². The third-order valence-electron chi connectivity index (χ3n) is 11.0. The van der Waals surface area contributed by atoms with Crippen molar-refractivity contribution < 1.29 is 13.2 Å². The standard InChI is InChI=1S/C34H36F3N7/c1-22-24(3-5-29-26(22)11-25(13-38)44(29)20-32-15-33(39,16-32)17-32)14-42-8-6-31(7-9-42)18-43(19-31)30-27-10-23(12-34(35,36)37)2-4-28(27)40-21-41-30/h2-5,10-11,21H,6-9,12,14-20,39H2,1H3. The highest BCUT2D eigenvalue weighted by molar-refractivity contribution is 5.90. The quantitative estimate of drug-likeness (QED) is 0.299. The number of aryl methyl sites for hydroxylation is 1. The lowest BCUT2D eigenvalue weighted by molar-refractivity contribution is -0.141. The number of nitrogens with zero attached hydrogens (tertiary/aromatic N) is 6. The summed E-state index contributed by atoms with van der Waals surface area (Å²) >= 11 is 0. The molecular formula is C34H36F3N7. The van der Waals surface area contributed by atoms with Crippen molar-refractivity contribution in [3.05, 3.63) is 65.1 Å². The number of halogens is 3. The number of aromatic nitrogens is 3. The Labute approximate surface area is 254 Å². The highest BCUT2D eigenvalue weighted by Gasteiger charge is 2.65. The van der Waals surface area contributed by atoms with Gasteiger partial charge in [0, 0.05) is 53.4 Å². The zero-order valence-corrected chi connectivity index (χ0v) is 24.9. The van der Waals surface area contributed by atoms with E-state index in [1.165, 1.54) is 28.9 Å². The van der Waals surface area contributed by atoms with E-state index in [0.29, 0.717) is 10.9 Å². The Morgan fingerprint density at radius 2 is 1.75 bits per heavy atom. The van der Waals surface area contributed by atoms with E-state index < -0.39 is 12.6 Å². The van der Waals surface area contributed by atoms with Gasteiger partial charge in [0.05, 0.1) is 11.9 Å². The van der Waals surface area contributed by atoms with E-state index >= 15 is 0 Å². The Kier molecular flexibility index (Phi) is 5.96. The van der Waals surface area contributed by atoms with Gasteiger partial charge in [0.2, 0.25) is 0 Å². The van der Waals surface area contributed by atoms with Crippen LogP contribution in [0.2, 0.25) is 0 Å². The van der Waals surface area contributed by atoms with Crippen LogP contribution in [0.4, 0.5) is 19.0 Å². The molecule has 3 saturated carbocycles. The number of benzene rings is 2. The summed E-state index contributed by atoms with van der Waals surface area (Å²) in [5, 5.41) is 11.8. The van der Waals surface area contributed by atoms with Crippen molar-refractivity contribution in [3.8, 4) is 6.07 Å². The molecule has 2 aromatic heterocycles. The molecule has 9 rings (SSSR count). The maximum atomic E-state index is 13.0. The molecule has 0 radical (unpaired) electrons. The highest BCUT2D eigenvalue weighted by Crippen LogP contribution is 2.66. The number of likely N-dealkylation sites (tertiary alicyclic amines) is 1. The second kappa shape index (κ2) is 9.41. The number of rotatable bonds is 6. The van der Waals surface area contributed by atoms with E-state index in [2.05, 4.69) is 55.5 Å². The van der Waals surface area contributed by atoms with E-state index in [-0.39, 0.29) is 21.9 Å². The maximum Gasteiger partial charge on any atom is 0.393 e. The van der Waals surface area contributed by atoms with Gasteiger partial charge in [-0.1, -0.05) is 12.1 Å². The first kappa shape index (κ1) is 27.8. The van der Waals surface area contributed by atoms with Crippen molar-refractivity contribution in [2.75, 3.05) is 31.1 Å². The van der Waals surface area contributed by atoms with Crippen LogP contribution in [0.15, 0.2) is 42.7 Å². The van der Waals surface area contributed by atoms with Gasteiger partial charge >= 0.3 is 6.18 Å². The topological polar surface area (TPSA) is 87.0 Å². The molecule has 4 heterocycles. The monoisotopic (exact) mass is 599 g/mol. The first-order valence-corrected chi connectivity index (χ1v) is 15.5. The van der Waals surface area contributed by atoms with Gasteiger partial charge in [0.15, 0.2) is 0 Å². The fraction of sp³-hybridized carbons (Fsp3) is 0.500. The summed E-state index contributed by atoms with van der Waals surface area (Å²) in [6, 6.07) is 13.7. The number of hydrogen-bond acceptors (Lipinski definition) is 6. The molecule has 0 unspecified atom stereocenters. The molecule has 5 fully saturated rings. The van der Waals surface area contributed by atoms with Gasteiger partial charge in [0.25, 0.3) is 0 Å². The largest absolute Gasteiger partial charge is 0.393 e. The van der Waals surface area contributed by atoms with E-state index in [1.54, 1.807) is 12.1 Å². The van der Waals surface area contributed by atoms with Gasteiger partial charge in [-0.05, 0) is 98.5 Å². The molecule has 2 bridgehead atoms. The minimum absolute atomic E-state index is 0.0532. The Bertz CT molecular complexity index is 1820. The molecular weight excluding hydrogens is 563 g/mol. The summed E-state index contributed by atoms with van der Waals surface area (Å²) in [5.41, 5.74) is 12.2. The number of anilines is 1. The van der Waals surface area contributed by atoms with Crippen LogP contribution in [0.5, 0.6) is 0 Å². The van der Waals surface area contributed by atoms with Crippen LogP contribution in [0, 0.1) is 29.1 Å². The molecule has 0 amide bonds. The second-order valence-corrected chi connectivity index (χ2v) is 14.4. The van der Waals surface area contributed by atoms with E-state index in [4.69, 9.17) is 5.73 Å². The molecule has 44 heavy (non-hydrogen) atoms. The van der Waals surface area contributed by atoms with Crippen molar-refractivity contribution in [2.24, 2.45) is 16.6 Å². The van der Waals surface area contributed by atoms with Crippen LogP contribution in [0.3, 0.4) is 0 Å². The van der Waals surface area contributed by atoms with Gasteiger partial charge in [-0.2, -0.15) is 18.4 Å². The summed E-state index contributed by atoms with van der Waals surface area (Å²) in [7, 11) is 0. The number of fused-ring (bicyclic) bond motifs is 2. The maximum absolute atomic E-state index is 13.0. The molecule has 2 aromatic carbocycles. The lowest BCUT2D eigenvalue weighted by atomic mass is 9.40. The summed E-state index contributed by atoms with van der Waals surface area (Å²) in [6.45, 7) is 7.66. The molecule has 228 valence electrons. The first-order chi connectivity index (χ1) is 21.0. The van der Waals surface area contributed by atoms with Crippen molar-refractivity contribution >= 4 is 27.6 Å². The van der Waals surface area contributed by atoms with E-state index in [0.717, 1.165) is 88.4 Å². The van der Waals surface area contributed by atoms with Gasteiger partial charge in [-0.15, -0.1) is 0 Å². The van der Waals surface area contributed by atoms with Crippen LogP contribution >= 0.6 is 0 Å². The molecule has 3 aliphatic carbocycles. The molecule has 10 heteroatoms. The Hall–Kier alpha value is -3.68. The third-order valence-corrected chi connectivity index (χ3v) is 11.0.